The minimum atomic E-state index is -0.0405. The lowest BCUT2D eigenvalue weighted by Crippen LogP contribution is -2.34. The summed E-state index contributed by atoms with van der Waals surface area (Å²) in [7, 11) is 0. The Bertz CT molecular complexity index is 372. The molecule has 0 radical (unpaired) electrons. The number of nitrogens with zero attached hydrogens (tertiary/aromatic N) is 2. The summed E-state index contributed by atoms with van der Waals surface area (Å²) in [5, 5.41) is 7.60. The number of nitrogens with one attached hydrogen (secondary N) is 1. The molecule has 2 heterocycles. The first-order valence-electron chi connectivity index (χ1n) is 6.17. The minimum absolute atomic E-state index is 0.0405. The maximum Gasteiger partial charge on any atom is 0.232 e. The van der Waals surface area contributed by atoms with Gasteiger partial charge in [-0.05, 0) is 6.54 Å². The zero-order chi connectivity index (χ0) is 12.5. The predicted octanol–water partition coefficient (Wildman–Crippen LogP) is 2.18. The molecule has 4 nitrogen and oxygen atoms in total. The fourth-order valence-electron chi connectivity index (χ4n) is 1.95. The third kappa shape index (κ3) is 2.83. The second kappa shape index (κ2) is 4.98. The van der Waals surface area contributed by atoms with Gasteiger partial charge < -0.3 is 9.84 Å². The molecule has 1 N–H and O–H groups in total. The van der Waals surface area contributed by atoms with E-state index in [9.17, 15) is 0 Å². The van der Waals surface area contributed by atoms with Crippen LogP contribution in [0.2, 0.25) is 0 Å². The summed E-state index contributed by atoms with van der Waals surface area (Å²) in [6.45, 7) is 9.43. The summed E-state index contributed by atoms with van der Waals surface area (Å²) < 4.78 is 5.44. The Balaban J connectivity index is 2.14. The van der Waals surface area contributed by atoms with E-state index < -0.39 is 0 Å². The van der Waals surface area contributed by atoms with E-state index in [0.29, 0.717) is 12.0 Å². The van der Waals surface area contributed by atoms with Crippen LogP contribution in [0.4, 0.5) is 0 Å². The lowest BCUT2D eigenvalue weighted by Gasteiger charge is -2.15. The monoisotopic (exact) mass is 255 g/mol. The lowest BCUT2D eigenvalue weighted by molar-refractivity contribution is 0.332. The first-order chi connectivity index (χ1) is 8.02. The van der Waals surface area contributed by atoms with Gasteiger partial charge in [0.25, 0.3) is 0 Å². The first-order valence-corrected chi connectivity index (χ1v) is 7.33. The van der Waals surface area contributed by atoms with Crippen LogP contribution in [-0.4, -0.2) is 34.2 Å². The van der Waals surface area contributed by atoms with Gasteiger partial charge in [0.2, 0.25) is 5.89 Å². The topological polar surface area (TPSA) is 51.0 Å². The number of hydrogen-bond donors (Lipinski definition) is 1. The standard InChI is InChI=1S/C12H21N3OS/c1-5-13-9-7-17-6-8(9)10-14-11(15-16-10)12(2,3)4/h8-9,13H,5-7H2,1-4H3. The van der Waals surface area contributed by atoms with Crippen molar-refractivity contribution in [3.8, 4) is 0 Å². The number of rotatable bonds is 3. The van der Waals surface area contributed by atoms with E-state index in [4.69, 9.17) is 4.52 Å². The van der Waals surface area contributed by atoms with Crippen molar-refractivity contribution in [1.82, 2.24) is 15.5 Å². The molecule has 0 spiro atoms. The lowest BCUT2D eigenvalue weighted by atomic mass is 9.96. The highest BCUT2D eigenvalue weighted by atomic mass is 32.2. The Morgan fingerprint density at radius 1 is 1.41 bits per heavy atom. The average molecular weight is 255 g/mol. The molecular formula is C12H21N3OS. The van der Waals surface area contributed by atoms with Crippen molar-refractivity contribution in [3.63, 3.8) is 0 Å². The number of thioether (sulfide) groups is 1. The van der Waals surface area contributed by atoms with E-state index in [0.717, 1.165) is 29.8 Å². The van der Waals surface area contributed by atoms with Gasteiger partial charge in [-0.25, -0.2) is 0 Å². The highest BCUT2D eigenvalue weighted by Crippen LogP contribution is 2.33. The normalized spacial score (nSPS) is 25.4. The van der Waals surface area contributed by atoms with Crippen LogP contribution < -0.4 is 5.32 Å². The molecule has 0 saturated carbocycles. The average Bonchev–Trinajstić information content (AvgIpc) is 2.82. The molecule has 2 atom stereocenters. The van der Waals surface area contributed by atoms with Crippen LogP contribution in [0.1, 0.15) is 45.3 Å². The summed E-state index contributed by atoms with van der Waals surface area (Å²) in [5.74, 6) is 4.17. The van der Waals surface area contributed by atoms with Crippen molar-refractivity contribution in [3.05, 3.63) is 11.7 Å². The molecule has 1 fully saturated rings. The Morgan fingerprint density at radius 2 is 2.18 bits per heavy atom. The van der Waals surface area contributed by atoms with E-state index in [1.807, 2.05) is 11.8 Å². The maximum atomic E-state index is 5.44. The quantitative estimate of drug-likeness (QED) is 0.897. The van der Waals surface area contributed by atoms with Gasteiger partial charge in [0.15, 0.2) is 5.82 Å². The van der Waals surface area contributed by atoms with E-state index in [2.05, 4.69) is 43.2 Å². The van der Waals surface area contributed by atoms with Gasteiger partial charge in [-0.1, -0.05) is 32.9 Å². The van der Waals surface area contributed by atoms with E-state index in [1.165, 1.54) is 0 Å². The van der Waals surface area contributed by atoms with Crippen molar-refractivity contribution in [2.24, 2.45) is 0 Å². The molecule has 1 aliphatic heterocycles. The molecule has 1 aromatic heterocycles. The molecular weight excluding hydrogens is 234 g/mol. The Morgan fingerprint density at radius 3 is 2.76 bits per heavy atom. The van der Waals surface area contributed by atoms with Gasteiger partial charge in [0.1, 0.15) is 0 Å². The van der Waals surface area contributed by atoms with Crippen molar-refractivity contribution >= 4 is 11.8 Å². The van der Waals surface area contributed by atoms with Crippen molar-refractivity contribution in [1.29, 1.82) is 0 Å². The Kier molecular flexibility index (Phi) is 3.78. The summed E-state index contributed by atoms with van der Waals surface area (Å²) >= 11 is 1.95. The van der Waals surface area contributed by atoms with Crippen molar-refractivity contribution < 1.29 is 4.52 Å². The third-order valence-corrected chi connectivity index (χ3v) is 4.17. The van der Waals surface area contributed by atoms with Crippen LogP contribution in [-0.2, 0) is 5.41 Å². The molecule has 0 aromatic carbocycles. The molecule has 0 amide bonds. The van der Waals surface area contributed by atoms with Crippen LogP contribution in [0.3, 0.4) is 0 Å². The molecule has 2 rings (SSSR count). The SMILES string of the molecule is CCNC1CSCC1c1nc(C(C)(C)C)no1. The van der Waals surface area contributed by atoms with Gasteiger partial charge in [0.05, 0.1) is 5.92 Å². The summed E-state index contributed by atoms with van der Waals surface area (Å²) in [6, 6.07) is 0.471. The third-order valence-electron chi connectivity index (χ3n) is 2.98. The van der Waals surface area contributed by atoms with Gasteiger partial charge >= 0.3 is 0 Å². The van der Waals surface area contributed by atoms with E-state index >= 15 is 0 Å². The van der Waals surface area contributed by atoms with Gasteiger partial charge in [-0.3, -0.25) is 0 Å². The minimum Gasteiger partial charge on any atom is -0.339 e. The second-order valence-electron chi connectivity index (χ2n) is 5.51. The van der Waals surface area contributed by atoms with Gasteiger partial charge in [-0.2, -0.15) is 16.7 Å². The second-order valence-corrected chi connectivity index (χ2v) is 6.59. The summed E-state index contributed by atoms with van der Waals surface area (Å²) in [6.07, 6.45) is 0. The van der Waals surface area contributed by atoms with Gasteiger partial charge in [0, 0.05) is 23.0 Å². The van der Waals surface area contributed by atoms with Crippen molar-refractivity contribution in [2.75, 3.05) is 18.1 Å². The molecule has 1 aliphatic rings. The molecule has 5 heteroatoms. The summed E-state index contributed by atoms with van der Waals surface area (Å²) in [4.78, 5) is 4.56. The Hall–Kier alpha value is -0.550. The first kappa shape index (κ1) is 12.9. The molecule has 0 aliphatic carbocycles. The fraction of sp³-hybridized carbons (Fsp3) is 0.833. The highest BCUT2D eigenvalue weighted by Gasteiger charge is 2.34. The smallest absolute Gasteiger partial charge is 0.232 e. The molecule has 96 valence electrons. The largest absolute Gasteiger partial charge is 0.339 e. The van der Waals surface area contributed by atoms with Crippen molar-refractivity contribution in [2.45, 2.75) is 45.1 Å². The molecule has 1 saturated heterocycles. The van der Waals surface area contributed by atoms with Crippen LogP contribution in [0.15, 0.2) is 4.52 Å². The number of likely N-dealkylation sites (N-methyl/N-ethyl adjacent to an activating group) is 1. The highest BCUT2D eigenvalue weighted by molar-refractivity contribution is 7.99. The molecule has 0 bridgehead atoms. The van der Waals surface area contributed by atoms with Crippen LogP contribution in [0, 0.1) is 0 Å². The van der Waals surface area contributed by atoms with Crippen LogP contribution in [0.5, 0.6) is 0 Å². The molecule has 1 aromatic rings. The van der Waals surface area contributed by atoms with Crippen LogP contribution >= 0.6 is 11.8 Å². The fourth-order valence-corrected chi connectivity index (χ4v) is 3.32. The predicted molar refractivity (Wildman–Crippen MR) is 70.5 cm³/mol. The Labute approximate surface area is 107 Å². The zero-order valence-corrected chi connectivity index (χ0v) is 11.8. The van der Waals surface area contributed by atoms with E-state index in [1.54, 1.807) is 0 Å². The molecule has 2 unspecified atom stereocenters. The van der Waals surface area contributed by atoms with Gasteiger partial charge in [-0.15, -0.1) is 0 Å². The van der Waals surface area contributed by atoms with E-state index in [-0.39, 0.29) is 5.41 Å². The molecule has 17 heavy (non-hydrogen) atoms. The summed E-state index contributed by atoms with van der Waals surface area (Å²) in [5.41, 5.74) is -0.0405. The number of aromatic nitrogens is 2. The number of hydrogen-bond acceptors (Lipinski definition) is 5. The zero-order valence-electron chi connectivity index (χ0n) is 11.0. The maximum absolute atomic E-state index is 5.44. The van der Waals surface area contributed by atoms with Crippen LogP contribution in [0.25, 0.3) is 0 Å².